The summed E-state index contributed by atoms with van der Waals surface area (Å²) in [5, 5.41) is 0. The largest absolute Gasteiger partial charge is 0.469 e. The van der Waals surface area contributed by atoms with Gasteiger partial charge in [0.25, 0.3) is 5.91 Å². The molecule has 3 aliphatic rings. The minimum absolute atomic E-state index is 0.116. The van der Waals surface area contributed by atoms with Crippen LogP contribution in [0.1, 0.15) is 32.4 Å². The summed E-state index contributed by atoms with van der Waals surface area (Å²) in [7, 11) is 0. The van der Waals surface area contributed by atoms with E-state index in [1.165, 1.54) is 12.1 Å². The molecule has 4 atom stereocenters. The number of hydrogen-bond acceptors (Lipinski definition) is 4. The fraction of sp³-hybridized carbons (Fsp3) is 0.588. The Morgan fingerprint density at radius 2 is 2.23 bits per heavy atom. The smallest absolute Gasteiger partial charge is 0.253 e. The number of nitrogens with zero attached hydrogens (tertiary/aromatic N) is 3. The highest BCUT2D eigenvalue weighted by Gasteiger charge is 2.45. The quantitative estimate of drug-likeness (QED) is 0.841. The Labute approximate surface area is 130 Å². The summed E-state index contributed by atoms with van der Waals surface area (Å²) in [4.78, 5) is 24.2. The lowest BCUT2D eigenvalue weighted by atomic mass is 9.77. The molecule has 0 bridgehead atoms. The first-order chi connectivity index (χ1) is 10.6. The molecule has 4 unspecified atom stereocenters. The lowest BCUT2D eigenvalue weighted by Gasteiger charge is -2.41. The Kier molecular flexibility index (Phi) is 3.17. The van der Waals surface area contributed by atoms with Crippen molar-refractivity contribution in [3.8, 4) is 0 Å². The van der Waals surface area contributed by atoms with E-state index < -0.39 is 0 Å². The van der Waals surface area contributed by atoms with Crippen LogP contribution in [0, 0.1) is 11.8 Å². The zero-order valence-electron chi connectivity index (χ0n) is 13.0. The molecule has 1 amide bonds. The molecule has 116 valence electrons. The van der Waals surface area contributed by atoms with Crippen LogP contribution in [0.25, 0.3) is 0 Å². The summed E-state index contributed by atoms with van der Waals surface area (Å²) in [6, 6.07) is 3.53. The van der Waals surface area contributed by atoms with Crippen molar-refractivity contribution in [1.29, 1.82) is 0 Å². The monoisotopic (exact) mass is 299 g/mol. The highest BCUT2D eigenvalue weighted by Crippen LogP contribution is 2.34. The van der Waals surface area contributed by atoms with Crippen molar-refractivity contribution in [2.75, 3.05) is 6.54 Å². The van der Waals surface area contributed by atoms with Gasteiger partial charge in [0, 0.05) is 12.1 Å². The van der Waals surface area contributed by atoms with Gasteiger partial charge in [-0.1, -0.05) is 13.8 Å². The number of rotatable bonds is 2. The van der Waals surface area contributed by atoms with Crippen molar-refractivity contribution in [2.45, 2.75) is 45.2 Å². The second-order valence-corrected chi connectivity index (χ2v) is 6.79. The lowest BCUT2D eigenvalue weighted by Crippen LogP contribution is -2.55. The van der Waals surface area contributed by atoms with Crippen LogP contribution in [0.4, 0.5) is 0 Å². The topological polar surface area (TPSA) is 58.2 Å². The predicted molar refractivity (Wildman–Crippen MR) is 84.1 cm³/mol. The third-order valence-electron chi connectivity index (χ3n) is 5.02. The van der Waals surface area contributed by atoms with Gasteiger partial charge in [-0.15, -0.1) is 0 Å². The first-order valence-electron chi connectivity index (χ1n) is 8.10. The van der Waals surface area contributed by atoms with Gasteiger partial charge in [-0.3, -0.25) is 19.7 Å². The Bertz CT molecular complexity index is 647. The minimum Gasteiger partial charge on any atom is -0.469 e. The SMILES string of the molecule is CC1CC(C)C2=NCC3=NC(Cc4ccco4)C(=O)N3C2C1. The molecule has 22 heavy (non-hydrogen) atoms. The molecule has 5 nitrogen and oxygen atoms in total. The summed E-state index contributed by atoms with van der Waals surface area (Å²) in [5.41, 5.74) is 1.20. The van der Waals surface area contributed by atoms with E-state index in [1.807, 2.05) is 17.0 Å². The van der Waals surface area contributed by atoms with Gasteiger partial charge in [-0.2, -0.15) is 0 Å². The molecule has 1 aliphatic carbocycles. The van der Waals surface area contributed by atoms with Crippen LogP contribution in [0.3, 0.4) is 0 Å². The average Bonchev–Trinajstić information content (AvgIpc) is 3.08. The van der Waals surface area contributed by atoms with Crippen molar-refractivity contribution in [3.63, 3.8) is 0 Å². The summed E-state index contributed by atoms with van der Waals surface area (Å²) >= 11 is 0. The first-order valence-corrected chi connectivity index (χ1v) is 8.10. The maximum absolute atomic E-state index is 12.8. The van der Waals surface area contributed by atoms with E-state index >= 15 is 0 Å². The third kappa shape index (κ3) is 2.11. The summed E-state index contributed by atoms with van der Waals surface area (Å²) < 4.78 is 5.37. The van der Waals surface area contributed by atoms with E-state index in [9.17, 15) is 4.79 Å². The number of fused-ring (bicyclic) bond motifs is 3. The van der Waals surface area contributed by atoms with Gasteiger partial charge in [0.15, 0.2) is 0 Å². The van der Waals surface area contributed by atoms with Gasteiger partial charge in [-0.05, 0) is 36.8 Å². The van der Waals surface area contributed by atoms with Crippen LogP contribution < -0.4 is 0 Å². The maximum atomic E-state index is 12.8. The van der Waals surface area contributed by atoms with Crippen LogP contribution >= 0.6 is 0 Å². The highest BCUT2D eigenvalue weighted by molar-refractivity contribution is 6.13. The molecule has 0 N–H and O–H groups in total. The van der Waals surface area contributed by atoms with Gasteiger partial charge in [0.1, 0.15) is 17.6 Å². The summed E-state index contributed by atoms with van der Waals surface area (Å²) in [6.07, 6.45) is 4.35. The number of carbonyl (C=O) groups is 1. The van der Waals surface area contributed by atoms with E-state index in [4.69, 9.17) is 9.41 Å². The van der Waals surface area contributed by atoms with E-state index in [0.29, 0.717) is 24.8 Å². The molecule has 0 radical (unpaired) electrons. The van der Waals surface area contributed by atoms with Crippen molar-refractivity contribution < 1.29 is 9.21 Å². The number of amidine groups is 1. The molecule has 0 saturated heterocycles. The number of aliphatic imine (C=N–C) groups is 2. The number of amides is 1. The molecular formula is C17H21N3O2. The average molecular weight is 299 g/mol. The molecule has 1 aromatic heterocycles. The normalized spacial score (nSPS) is 34.1. The van der Waals surface area contributed by atoms with Gasteiger partial charge in [0.05, 0.1) is 18.8 Å². The number of hydrogen-bond donors (Lipinski definition) is 0. The van der Waals surface area contributed by atoms with E-state index in [2.05, 4.69) is 18.8 Å². The summed E-state index contributed by atoms with van der Waals surface area (Å²) in [6.45, 7) is 5.04. The highest BCUT2D eigenvalue weighted by atomic mass is 16.3. The fourth-order valence-corrected chi connectivity index (χ4v) is 4.10. The van der Waals surface area contributed by atoms with Crippen molar-refractivity contribution >= 4 is 17.5 Å². The second kappa shape index (κ2) is 5.07. The standard InChI is InChI=1S/C17H21N3O2/c1-10-6-11(2)16-14(7-10)20-15(9-18-16)19-13(17(20)21)8-12-4-3-5-22-12/h3-5,10-11,13-14H,6-9H2,1-2H3. The number of furan rings is 1. The van der Waals surface area contributed by atoms with Gasteiger partial charge >= 0.3 is 0 Å². The van der Waals surface area contributed by atoms with Crippen LogP contribution in [0.2, 0.25) is 0 Å². The van der Waals surface area contributed by atoms with Gasteiger partial charge < -0.3 is 4.42 Å². The predicted octanol–water partition coefficient (Wildman–Crippen LogP) is 2.32. The molecule has 0 spiro atoms. The Hall–Kier alpha value is -1.91. The molecular weight excluding hydrogens is 278 g/mol. The minimum atomic E-state index is -0.344. The van der Waals surface area contributed by atoms with E-state index in [0.717, 1.165) is 18.0 Å². The van der Waals surface area contributed by atoms with E-state index in [1.54, 1.807) is 6.26 Å². The number of carbonyl (C=O) groups excluding carboxylic acids is 1. The molecule has 4 rings (SSSR count). The van der Waals surface area contributed by atoms with Crippen LogP contribution in [0.5, 0.6) is 0 Å². The second-order valence-electron chi connectivity index (χ2n) is 6.79. The van der Waals surface area contributed by atoms with Crippen molar-refractivity contribution in [1.82, 2.24) is 4.90 Å². The van der Waals surface area contributed by atoms with Crippen LogP contribution in [-0.2, 0) is 11.2 Å². The fourth-order valence-electron chi connectivity index (χ4n) is 4.10. The van der Waals surface area contributed by atoms with Crippen LogP contribution in [-0.4, -0.2) is 41.0 Å². The van der Waals surface area contributed by atoms with E-state index in [-0.39, 0.29) is 18.0 Å². The van der Waals surface area contributed by atoms with Crippen molar-refractivity contribution in [3.05, 3.63) is 24.2 Å². The summed E-state index contributed by atoms with van der Waals surface area (Å²) in [5.74, 6) is 2.86. The van der Waals surface area contributed by atoms with Crippen molar-refractivity contribution in [2.24, 2.45) is 21.8 Å². The Morgan fingerprint density at radius 3 is 3.00 bits per heavy atom. The molecule has 1 fully saturated rings. The third-order valence-corrected chi connectivity index (χ3v) is 5.02. The lowest BCUT2D eigenvalue weighted by molar-refractivity contribution is -0.128. The molecule has 3 heterocycles. The van der Waals surface area contributed by atoms with Gasteiger partial charge in [0.2, 0.25) is 0 Å². The molecule has 1 saturated carbocycles. The molecule has 0 aromatic carbocycles. The molecule has 1 aromatic rings. The first kappa shape index (κ1) is 13.7. The van der Waals surface area contributed by atoms with Crippen LogP contribution in [0.15, 0.2) is 32.8 Å². The Balaban J connectivity index is 1.60. The zero-order chi connectivity index (χ0) is 15.3. The Morgan fingerprint density at radius 1 is 1.36 bits per heavy atom. The van der Waals surface area contributed by atoms with Gasteiger partial charge in [-0.25, -0.2) is 0 Å². The zero-order valence-corrected chi connectivity index (χ0v) is 13.0. The molecule has 2 aliphatic heterocycles. The maximum Gasteiger partial charge on any atom is 0.253 e. The molecule has 5 heteroatoms.